The van der Waals surface area contributed by atoms with Gasteiger partial charge >= 0.3 is 0 Å². The summed E-state index contributed by atoms with van der Waals surface area (Å²) in [5, 5.41) is 12.6. The number of rotatable bonds is 5. The Kier molecular flexibility index (Phi) is 6.39. The van der Waals surface area contributed by atoms with Crippen LogP contribution in [0.25, 0.3) is 10.8 Å². The second-order valence-corrected chi connectivity index (χ2v) is 11.9. The second-order valence-electron chi connectivity index (χ2n) is 11.9. The molecule has 3 amide bonds. The number of carbonyl (C=O) groups is 3. The summed E-state index contributed by atoms with van der Waals surface area (Å²) in [6, 6.07) is 12.2. The number of amides is 3. The molecule has 0 bridgehead atoms. The number of nitrogens with zero attached hydrogens (tertiary/aromatic N) is 3. The molecule has 8 heteroatoms. The predicted molar refractivity (Wildman–Crippen MR) is 152 cm³/mol. The lowest BCUT2D eigenvalue weighted by molar-refractivity contribution is -0.153. The fourth-order valence-electron chi connectivity index (χ4n) is 7.38. The van der Waals surface area contributed by atoms with Gasteiger partial charge in [0.1, 0.15) is 11.6 Å². The van der Waals surface area contributed by atoms with Crippen molar-refractivity contribution in [1.29, 1.82) is 0 Å². The first-order valence-electron chi connectivity index (χ1n) is 14.2. The van der Waals surface area contributed by atoms with Crippen LogP contribution in [0.4, 0.5) is 5.69 Å². The van der Waals surface area contributed by atoms with Crippen molar-refractivity contribution in [3.8, 4) is 0 Å². The third-order valence-corrected chi connectivity index (χ3v) is 9.44. The molecule has 2 aromatic rings. The fraction of sp³-hybridized carbons (Fsp3) is 0.469. The minimum Gasteiger partial charge on any atom is -0.394 e. The molecule has 0 saturated carbocycles. The van der Waals surface area contributed by atoms with Crippen molar-refractivity contribution in [3.63, 3.8) is 0 Å². The van der Waals surface area contributed by atoms with Crippen LogP contribution in [0.15, 0.2) is 66.8 Å². The quantitative estimate of drug-likeness (QED) is 0.586. The Balaban J connectivity index is 1.53. The van der Waals surface area contributed by atoms with Gasteiger partial charge in [0.15, 0.2) is 0 Å². The molecule has 1 unspecified atom stereocenters. The largest absolute Gasteiger partial charge is 0.394 e. The van der Waals surface area contributed by atoms with E-state index in [2.05, 4.69) is 0 Å². The van der Waals surface area contributed by atoms with Gasteiger partial charge in [-0.2, -0.15) is 0 Å². The summed E-state index contributed by atoms with van der Waals surface area (Å²) in [4.78, 5) is 48.0. The standard InChI is InChI=1S/C32H37N3O5/c1-5-31-14-8-16-33(4)28(37)25(31)26-29(38)35(24(19-36)20(2)3)27-30(39)34(17-9-15-32(26,27)40-31)23-13-12-21-10-6-7-11-22(21)18-23/h6-15,18,20,24-27,36H,5,16-17,19H2,1-4H3/t24-,25+,26-,27?,31-,32-/m0/s1. The predicted octanol–water partition coefficient (Wildman–Crippen LogP) is 3.15. The van der Waals surface area contributed by atoms with Crippen molar-refractivity contribution < 1.29 is 24.2 Å². The van der Waals surface area contributed by atoms with Crippen molar-refractivity contribution >= 4 is 34.2 Å². The smallest absolute Gasteiger partial charge is 0.253 e. The van der Waals surface area contributed by atoms with Crippen molar-refractivity contribution in [3.05, 3.63) is 66.8 Å². The number of benzene rings is 2. The van der Waals surface area contributed by atoms with Crippen molar-refractivity contribution in [2.75, 3.05) is 31.6 Å². The van der Waals surface area contributed by atoms with Crippen LogP contribution in [0.2, 0.25) is 0 Å². The molecule has 1 N–H and O–H groups in total. The number of fused-ring (bicyclic) bond motifs is 3. The van der Waals surface area contributed by atoms with Gasteiger partial charge in [0.2, 0.25) is 11.8 Å². The van der Waals surface area contributed by atoms with Crippen molar-refractivity contribution in [1.82, 2.24) is 9.80 Å². The fourth-order valence-corrected chi connectivity index (χ4v) is 7.38. The van der Waals surface area contributed by atoms with E-state index in [4.69, 9.17) is 4.74 Å². The highest BCUT2D eigenvalue weighted by Gasteiger charge is 2.76. The summed E-state index contributed by atoms with van der Waals surface area (Å²) in [5.41, 5.74) is -1.64. The number of aliphatic hydroxyl groups excluding tert-OH is 1. The lowest BCUT2D eigenvalue weighted by Crippen LogP contribution is -2.60. The third kappa shape index (κ3) is 3.62. The van der Waals surface area contributed by atoms with E-state index in [-0.39, 0.29) is 30.2 Å². The normalized spacial score (nSPS) is 32.4. The molecular formula is C32H37N3O5. The highest BCUT2D eigenvalue weighted by Crippen LogP contribution is 2.59. The van der Waals surface area contributed by atoms with Gasteiger partial charge in [-0.05, 0) is 35.2 Å². The maximum Gasteiger partial charge on any atom is 0.253 e. The third-order valence-electron chi connectivity index (χ3n) is 9.44. The molecule has 0 radical (unpaired) electrons. The summed E-state index contributed by atoms with van der Waals surface area (Å²) >= 11 is 0. The molecule has 2 aromatic carbocycles. The molecule has 2 saturated heterocycles. The molecule has 6 rings (SSSR count). The number of aliphatic hydroxyl groups is 1. The summed E-state index contributed by atoms with van der Waals surface area (Å²) < 4.78 is 6.98. The van der Waals surface area contributed by atoms with Crippen LogP contribution in [0.5, 0.6) is 0 Å². The number of hydrogen-bond donors (Lipinski definition) is 1. The minimum atomic E-state index is -1.35. The molecule has 6 atom stereocenters. The topological polar surface area (TPSA) is 90.4 Å². The lowest BCUT2D eigenvalue weighted by atomic mass is 9.73. The van der Waals surface area contributed by atoms with E-state index >= 15 is 0 Å². The average Bonchev–Trinajstić information content (AvgIpc) is 3.24. The summed E-state index contributed by atoms with van der Waals surface area (Å²) in [6.07, 6.45) is 8.09. The van der Waals surface area contributed by atoms with E-state index in [1.807, 2.05) is 87.5 Å². The van der Waals surface area contributed by atoms with Crippen LogP contribution in [-0.2, 0) is 19.1 Å². The van der Waals surface area contributed by atoms with E-state index in [9.17, 15) is 19.5 Å². The Labute approximate surface area is 234 Å². The number of anilines is 1. The first-order valence-corrected chi connectivity index (χ1v) is 14.2. The minimum absolute atomic E-state index is 0.123. The highest BCUT2D eigenvalue weighted by atomic mass is 16.5. The Morgan fingerprint density at radius 2 is 1.68 bits per heavy atom. The number of hydrogen-bond acceptors (Lipinski definition) is 5. The first-order chi connectivity index (χ1) is 19.2. The zero-order valence-electron chi connectivity index (χ0n) is 23.5. The number of likely N-dealkylation sites (tertiary alicyclic amines) is 1. The number of ether oxygens (including phenoxy) is 1. The second kappa shape index (κ2) is 9.56. The van der Waals surface area contributed by atoms with Crippen LogP contribution in [0.1, 0.15) is 27.2 Å². The lowest BCUT2D eigenvalue weighted by Gasteiger charge is -2.41. The Morgan fingerprint density at radius 1 is 0.950 bits per heavy atom. The average molecular weight is 544 g/mol. The summed E-state index contributed by atoms with van der Waals surface area (Å²) in [7, 11) is 1.73. The highest BCUT2D eigenvalue weighted by molar-refractivity contribution is 6.07. The molecule has 4 heterocycles. The van der Waals surface area contributed by atoms with Gasteiger partial charge in [-0.25, -0.2) is 0 Å². The van der Waals surface area contributed by atoms with Gasteiger partial charge in [0.25, 0.3) is 5.91 Å². The zero-order valence-corrected chi connectivity index (χ0v) is 23.5. The maximum atomic E-state index is 14.7. The zero-order chi connectivity index (χ0) is 28.4. The van der Waals surface area contributed by atoms with Crippen LogP contribution in [0.3, 0.4) is 0 Å². The van der Waals surface area contributed by atoms with Crippen LogP contribution in [-0.4, -0.2) is 82.7 Å². The molecule has 2 fully saturated rings. The Morgan fingerprint density at radius 3 is 2.38 bits per heavy atom. The number of carbonyl (C=O) groups excluding carboxylic acids is 3. The Bertz CT molecular complexity index is 1430. The van der Waals surface area contributed by atoms with Gasteiger partial charge < -0.3 is 24.5 Å². The van der Waals surface area contributed by atoms with Crippen molar-refractivity contribution in [2.45, 2.75) is 50.5 Å². The van der Waals surface area contributed by atoms with Crippen molar-refractivity contribution in [2.24, 2.45) is 17.8 Å². The maximum absolute atomic E-state index is 14.7. The summed E-state index contributed by atoms with van der Waals surface area (Å²) in [6.45, 7) is 6.24. The molecule has 0 aliphatic carbocycles. The SMILES string of the molecule is CC[C@]12C=CCN(C)C(=O)[C@H]1[C@H]1C(=O)N([C@@H](CO)C(C)C)C3C(=O)N(c4ccc5ccccc5c4)CC=C[C@@]31O2. The van der Waals surface area contributed by atoms with E-state index in [0.717, 1.165) is 16.5 Å². The molecule has 0 aromatic heterocycles. The summed E-state index contributed by atoms with van der Waals surface area (Å²) in [5.74, 6) is -2.54. The molecule has 210 valence electrons. The molecular weight excluding hydrogens is 506 g/mol. The molecule has 8 nitrogen and oxygen atoms in total. The Hall–Kier alpha value is -3.49. The van der Waals surface area contributed by atoms with E-state index in [1.165, 1.54) is 0 Å². The van der Waals surface area contributed by atoms with Crippen LogP contribution < -0.4 is 4.90 Å². The monoisotopic (exact) mass is 543 g/mol. The van der Waals surface area contributed by atoms with Gasteiger partial charge in [-0.15, -0.1) is 0 Å². The van der Waals surface area contributed by atoms with Gasteiger partial charge in [-0.1, -0.05) is 75.4 Å². The first kappa shape index (κ1) is 26.7. The van der Waals surface area contributed by atoms with Gasteiger partial charge in [-0.3, -0.25) is 14.4 Å². The van der Waals surface area contributed by atoms with Gasteiger partial charge in [0, 0.05) is 25.8 Å². The molecule has 40 heavy (non-hydrogen) atoms. The molecule has 4 aliphatic rings. The molecule has 4 aliphatic heterocycles. The number of likely N-dealkylation sites (N-methyl/N-ethyl adjacent to an activating group) is 1. The van der Waals surface area contributed by atoms with Crippen LogP contribution >= 0.6 is 0 Å². The van der Waals surface area contributed by atoms with E-state index in [0.29, 0.717) is 19.5 Å². The van der Waals surface area contributed by atoms with Gasteiger partial charge in [0.05, 0.1) is 30.1 Å². The molecule has 1 spiro atoms. The van der Waals surface area contributed by atoms with E-state index < -0.39 is 35.1 Å². The van der Waals surface area contributed by atoms with E-state index in [1.54, 1.807) is 21.7 Å². The van der Waals surface area contributed by atoms with Crippen LogP contribution in [0, 0.1) is 17.8 Å².